The summed E-state index contributed by atoms with van der Waals surface area (Å²) in [4.78, 5) is 11.9. The fourth-order valence-corrected chi connectivity index (χ4v) is 2.71. The zero-order valence-corrected chi connectivity index (χ0v) is 12.1. The van der Waals surface area contributed by atoms with Crippen LogP contribution < -0.4 is 10.6 Å². The van der Waals surface area contributed by atoms with Crippen molar-refractivity contribution in [3.63, 3.8) is 0 Å². The molecular weight excluding hydrogens is 264 g/mol. The molecule has 1 heterocycles. The summed E-state index contributed by atoms with van der Waals surface area (Å²) < 4.78 is 0. The predicted molar refractivity (Wildman–Crippen MR) is 83.2 cm³/mol. The van der Waals surface area contributed by atoms with E-state index in [0.29, 0.717) is 6.04 Å². The van der Waals surface area contributed by atoms with Crippen LogP contribution >= 0.6 is 0 Å². The van der Waals surface area contributed by atoms with E-state index in [2.05, 4.69) is 20.8 Å². The van der Waals surface area contributed by atoms with Crippen molar-refractivity contribution >= 4 is 11.7 Å². The molecule has 5 heteroatoms. The van der Waals surface area contributed by atoms with Crippen molar-refractivity contribution in [3.8, 4) is 11.3 Å². The number of hydrogen-bond acceptors (Lipinski definition) is 2. The minimum atomic E-state index is -0.120. The van der Waals surface area contributed by atoms with Crippen molar-refractivity contribution in [1.82, 2.24) is 15.5 Å². The standard InChI is InChI=1S/C16H20N4O/c1-11-10-15(20-19-11)12-6-8-14(9-7-12)18-16(21)17-13-4-2-3-5-13/h6-10,13H,2-5H2,1H3,(H,19,20)(H2,17,18,21). The molecule has 1 aromatic carbocycles. The van der Waals surface area contributed by atoms with Crippen molar-refractivity contribution in [2.45, 2.75) is 38.6 Å². The zero-order chi connectivity index (χ0) is 14.7. The molecule has 1 saturated carbocycles. The van der Waals surface area contributed by atoms with Crippen LogP contribution in [0.25, 0.3) is 11.3 Å². The quantitative estimate of drug-likeness (QED) is 0.808. The van der Waals surface area contributed by atoms with Gasteiger partial charge in [-0.25, -0.2) is 4.79 Å². The highest BCUT2D eigenvalue weighted by Crippen LogP contribution is 2.20. The molecule has 21 heavy (non-hydrogen) atoms. The Bertz CT molecular complexity index is 611. The number of nitrogens with zero attached hydrogens (tertiary/aromatic N) is 1. The second kappa shape index (κ2) is 5.99. The number of rotatable bonds is 3. The lowest BCUT2D eigenvalue weighted by Crippen LogP contribution is -2.36. The Morgan fingerprint density at radius 3 is 2.57 bits per heavy atom. The van der Waals surface area contributed by atoms with Gasteiger partial charge in [-0.05, 0) is 38.0 Å². The second-order valence-corrected chi connectivity index (χ2v) is 5.59. The van der Waals surface area contributed by atoms with Gasteiger partial charge in [-0.3, -0.25) is 5.10 Å². The summed E-state index contributed by atoms with van der Waals surface area (Å²) in [6.07, 6.45) is 4.60. The van der Waals surface area contributed by atoms with E-state index >= 15 is 0 Å². The van der Waals surface area contributed by atoms with Gasteiger partial charge in [0.1, 0.15) is 0 Å². The Kier molecular flexibility index (Phi) is 3.90. The molecule has 110 valence electrons. The largest absolute Gasteiger partial charge is 0.335 e. The average molecular weight is 284 g/mol. The number of aromatic amines is 1. The van der Waals surface area contributed by atoms with Gasteiger partial charge >= 0.3 is 6.03 Å². The van der Waals surface area contributed by atoms with Crippen LogP contribution in [0.15, 0.2) is 30.3 Å². The molecule has 0 unspecified atom stereocenters. The van der Waals surface area contributed by atoms with Gasteiger partial charge in [-0.2, -0.15) is 5.10 Å². The van der Waals surface area contributed by atoms with E-state index in [1.165, 1.54) is 12.8 Å². The van der Waals surface area contributed by atoms with Crippen LogP contribution in [-0.2, 0) is 0 Å². The first-order valence-corrected chi connectivity index (χ1v) is 7.41. The number of aryl methyl sites for hydroxylation is 1. The average Bonchev–Trinajstić information content (AvgIpc) is 3.11. The number of carbonyl (C=O) groups is 1. The Balaban J connectivity index is 1.60. The van der Waals surface area contributed by atoms with Gasteiger partial charge in [0.2, 0.25) is 0 Å². The smallest absolute Gasteiger partial charge is 0.319 e. The van der Waals surface area contributed by atoms with E-state index in [1.54, 1.807) is 0 Å². The van der Waals surface area contributed by atoms with Crippen molar-refractivity contribution in [3.05, 3.63) is 36.0 Å². The van der Waals surface area contributed by atoms with Crippen molar-refractivity contribution in [2.75, 3.05) is 5.32 Å². The molecular formula is C16H20N4O. The van der Waals surface area contributed by atoms with Gasteiger partial charge in [-0.15, -0.1) is 0 Å². The Morgan fingerprint density at radius 2 is 1.95 bits per heavy atom. The van der Waals surface area contributed by atoms with Crippen LogP contribution in [0.3, 0.4) is 0 Å². The van der Waals surface area contributed by atoms with Gasteiger partial charge < -0.3 is 10.6 Å². The maximum Gasteiger partial charge on any atom is 0.319 e. The first-order valence-electron chi connectivity index (χ1n) is 7.41. The summed E-state index contributed by atoms with van der Waals surface area (Å²) >= 11 is 0. The number of urea groups is 1. The molecule has 2 amide bonds. The number of benzene rings is 1. The summed E-state index contributed by atoms with van der Waals surface area (Å²) in [6.45, 7) is 1.97. The lowest BCUT2D eigenvalue weighted by atomic mass is 10.1. The third-order valence-corrected chi connectivity index (χ3v) is 3.83. The minimum Gasteiger partial charge on any atom is -0.335 e. The molecule has 3 N–H and O–H groups in total. The molecule has 5 nitrogen and oxygen atoms in total. The number of amides is 2. The van der Waals surface area contributed by atoms with Crippen LogP contribution in [0.4, 0.5) is 10.5 Å². The van der Waals surface area contributed by atoms with E-state index in [0.717, 1.165) is 35.5 Å². The van der Waals surface area contributed by atoms with Gasteiger partial charge in [0, 0.05) is 23.0 Å². The van der Waals surface area contributed by atoms with Crippen LogP contribution in [0.2, 0.25) is 0 Å². The SMILES string of the molecule is Cc1cc(-c2ccc(NC(=O)NC3CCCC3)cc2)n[nH]1. The summed E-state index contributed by atoms with van der Waals surface area (Å²) in [7, 11) is 0. The number of aromatic nitrogens is 2. The molecule has 0 bridgehead atoms. The topological polar surface area (TPSA) is 69.8 Å². The molecule has 0 radical (unpaired) electrons. The number of nitrogens with one attached hydrogen (secondary N) is 3. The lowest BCUT2D eigenvalue weighted by molar-refractivity contribution is 0.248. The van der Waals surface area contributed by atoms with Crippen molar-refractivity contribution < 1.29 is 4.79 Å². The van der Waals surface area contributed by atoms with Gasteiger partial charge in [-0.1, -0.05) is 25.0 Å². The van der Waals surface area contributed by atoms with E-state index in [4.69, 9.17) is 0 Å². The molecule has 1 aromatic heterocycles. The monoisotopic (exact) mass is 284 g/mol. The Labute approximate surface area is 124 Å². The van der Waals surface area contributed by atoms with E-state index in [-0.39, 0.29) is 6.03 Å². The summed E-state index contributed by atoms with van der Waals surface area (Å²) in [5.74, 6) is 0. The molecule has 0 spiro atoms. The summed E-state index contributed by atoms with van der Waals surface area (Å²) in [5.41, 5.74) is 3.76. The fourth-order valence-electron chi connectivity index (χ4n) is 2.71. The van der Waals surface area contributed by atoms with Gasteiger partial charge in [0.25, 0.3) is 0 Å². The van der Waals surface area contributed by atoms with Crippen LogP contribution in [0.5, 0.6) is 0 Å². The number of carbonyl (C=O) groups excluding carboxylic acids is 1. The van der Waals surface area contributed by atoms with E-state index < -0.39 is 0 Å². The second-order valence-electron chi connectivity index (χ2n) is 5.59. The fraction of sp³-hybridized carbons (Fsp3) is 0.375. The first kappa shape index (κ1) is 13.7. The predicted octanol–water partition coefficient (Wildman–Crippen LogP) is 3.45. The number of H-pyrrole nitrogens is 1. The molecule has 0 saturated heterocycles. The van der Waals surface area contributed by atoms with Crippen LogP contribution in [0, 0.1) is 6.92 Å². The molecule has 0 atom stereocenters. The number of hydrogen-bond donors (Lipinski definition) is 3. The maximum absolute atomic E-state index is 11.9. The molecule has 1 fully saturated rings. The highest BCUT2D eigenvalue weighted by molar-refractivity contribution is 5.89. The third kappa shape index (κ3) is 3.42. The normalized spacial score (nSPS) is 15.1. The lowest BCUT2D eigenvalue weighted by Gasteiger charge is -2.13. The number of anilines is 1. The van der Waals surface area contributed by atoms with Crippen molar-refractivity contribution in [2.24, 2.45) is 0 Å². The third-order valence-electron chi connectivity index (χ3n) is 3.83. The van der Waals surface area contributed by atoms with Gasteiger partial charge in [0.05, 0.1) is 5.69 Å². The Morgan fingerprint density at radius 1 is 1.24 bits per heavy atom. The molecule has 0 aliphatic heterocycles. The molecule has 2 aromatic rings. The Hall–Kier alpha value is -2.30. The summed E-state index contributed by atoms with van der Waals surface area (Å²) in [6, 6.07) is 9.92. The molecule has 1 aliphatic carbocycles. The highest BCUT2D eigenvalue weighted by atomic mass is 16.2. The van der Waals surface area contributed by atoms with Crippen LogP contribution in [0.1, 0.15) is 31.4 Å². The molecule has 1 aliphatic rings. The maximum atomic E-state index is 11.9. The van der Waals surface area contributed by atoms with Crippen molar-refractivity contribution in [1.29, 1.82) is 0 Å². The van der Waals surface area contributed by atoms with E-state index in [9.17, 15) is 4.79 Å². The first-order chi connectivity index (χ1) is 10.2. The van der Waals surface area contributed by atoms with Gasteiger partial charge in [0.15, 0.2) is 0 Å². The zero-order valence-electron chi connectivity index (χ0n) is 12.1. The molecule has 3 rings (SSSR count). The summed E-state index contributed by atoms with van der Waals surface area (Å²) in [5, 5.41) is 13.0. The minimum absolute atomic E-state index is 0.120. The van der Waals surface area contributed by atoms with Crippen LogP contribution in [-0.4, -0.2) is 22.3 Å². The van der Waals surface area contributed by atoms with E-state index in [1.807, 2.05) is 37.3 Å². The highest BCUT2D eigenvalue weighted by Gasteiger charge is 2.16.